The first-order valence-electron chi connectivity index (χ1n) is 8.60. The third kappa shape index (κ3) is 2.85. The molecule has 0 radical (unpaired) electrons. The van der Waals surface area contributed by atoms with E-state index >= 15 is 0 Å². The van der Waals surface area contributed by atoms with Crippen LogP contribution in [0.3, 0.4) is 0 Å². The Labute approximate surface area is 119 Å². The molecular formula is C17H32N2. The van der Waals surface area contributed by atoms with Crippen LogP contribution in [0.1, 0.15) is 58.8 Å². The minimum absolute atomic E-state index is 0.783. The van der Waals surface area contributed by atoms with Crippen LogP contribution in [0.4, 0.5) is 0 Å². The lowest BCUT2D eigenvalue weighted by Crippen LogP contribution is -2.47. The van der Waals surface area contributed by atoms with Gasteiger partial charge in [-0.05, 0) is 69.9 Å². The van der Waals surface area contributed by atoms with E-state index in [0.29, 0.717) is 0 Å². The third-order valence-corrected chi connectivity index (χ3v) is 6.38. The van der Waals surface area contributed by atoms with Crippen LogP contribution < -0.4 is 5.32 Å². The Morgan fingerprint density at radius 3 is 2.11 bits per heavy atom. The average molecular weight is 264 g/mol. The molecule has 1 aliphatic carbocycles. The molecule has 0 aromatic rings. The first-order valence-corrected chi connectivity index (χ1v) is 8.60. The van der Waals surface area contributed by atoms with E-state index in [4.69, 9.17) is 0 Å². The van der Waals surface area contributed by atoms with Gasteiger partial charge in [-0.15, -0.1) is 0 Å². The Hall–Kier alpha value is -0.0800. The second-order valence-corrected chi connectivity index (χ2v) is 7.71. The van der Waals surface area contributed by atoms with Crippen molar-refractivity contribution in [2.45, 2.75) is 76.9 Å². The number of nitrogens with zero attached hydrogens (tertiary/aromatic N) is 1. The van der Waals surface area contributed by atoms with Crippen molar-refractivity contribution in [1.82, 2.24) is 10.2 Å². The van der Waals surface area contributed by atoms with Gasteiger partial charge in [0, 0.05) is 18.1 Å². The molecule has 2 bridgehead atoms. The van der Waals surface area contributed by atoms with Crippen molar-refractivity contribution in [3.63, 3.8) is 0 Å². The summed E-state index contributed by atoms with van der Waals surface area (Å²) in [5.41, 5.74) is 0. The third-order valence-electron chi connectivity index (χ3n) is 6.38. The van der Waals surface area contributed by atoms with Gasteiger partial charge < -0.3 is 10.2 Å². The van der Waals surface area contributed by atoms with Gasteiger partial charge in [0.2, 0.25) is 0 Å². The lowest BCUT2D eigenvalue weighted by Gasteiger charge is -2.39. The molecule has 1 N–H and O–H groups in total. The SMILES string of the molecule is CC1CCCC(C)C1NCC1CC2CCC(C1)N2C. The van der Waals surface area contributed by atoms with Crippen LogP contribution in [0, 0.1) is 17.8 Å². The molecule has 3 aliphatic rings. The summed E-state index contributed by atoms with van der Waals surface area (Å²) in [6, 6.07) is 2.57. The molecular weight excluding hydrogens is 232 g/mol. The molecule has 3 rings (SSSR count). The van der Waals surface area contributed by atoms with Gasteiger partial charge in [0.15, 0.2) is 0 Å². The summed E-state index contributed by atoms with van der Waals surface area (Å²) in [6.45, 7) is 6.18. The van der Waals surface area contributed by atoms with Gasteiger partial charge >= 0.3 is 0 Å². The molecule has 2 heteroatoms. The van der Waals surface area contributed by atoms with Gasteiger partial charge in [0.1, 0.15) is 0 Å². The summed E-state index contributed by atoms with van der Waals surface area (Å²) in [6.07, 6.45) is 10.1. The molecule has 2 aliphatic heterocycles. The number of fused-ring (bicyclic) bond motifs is 2. The maximum absolute atomic E-state index is 3.96. The van der Waals surface area contributed by atoms with Crippen molar-refractivity contribution in [2.75, 3.05) is 13.6 Å². The molecule has 2 heterocycles. The van der Waals surface area contributed by atoms with Gasteiger partial charge in [-0.25, -0.2) is 0 Å². The van der Waals surface area contributed by atoms with Gasteiger partial charge in [0.05, 0.1) is 0 Å². The summed E-state index contributed by atoms with van der Waals surface area (Å²) in [5, 5.41) is 3.96. The van der Waals surface area contributed by atoms with Crippen LogP contribution in [-0.2, 0) is 0 Å². The zero-order chi connectivity index (χ0) is 13.4. The first-order chi connectivity index (χ1) is 9.15. The van der Waals surface area contributed by atoms with Gasteiger partial charge in [-0.2, -0.15) is 0 Å². The molecule has 0 amide bonds. The van der Waals surface area contributed by atoms with Crippen LogP contribution in [0.15, 0.2) is 0 Å². The Morgan fingerprint density at radius 1 is 0.947 bits per heavy atom. The predicted octanol–water partition coefficient (Wildman–Crippen LogP) is 3.27. The quantitative estimate of drug-likeness (QED) is 0.841. The molecule has 0 aromatic heterocycles. The number of nitrogens with one attached hydrogen (secondary N) is 1. The highest BCUT2D eigenvalue weighted by molar-refractivity contribution is 4.94. The normalized spacial score (nSPS) is 47.5. The van der Waals surface area contributed by atoms with Crippen molar-refractivity contribution < 1.29 is 0 Å². The summed E-state index contributed by atoms with van der Waals surface area (Å²) < 4.78 is 0. The fourth-order valence-electron chi connectivity index (χ4n) is 5.08. The predicted molar refractivity (Wildman–Crippen MR) is 81.3 cm³/mol. The Bertz CT molecular complexity index is 280. The fourth-order valence-corrected chi connectivity index (χ4v) is 5.08. The maximum atomic E-state index is 3.96. The smallest absolute Gasteiger partial charge is 0.0118 e. The maximum Gasteiger partial charge on any atom is 0.0118 e. The lowest BCUT2D eigenvalue weighted by atomic mass is 9.78. The summed E-state index contributed by atoms with van der Waals surface area (Å²) >= 11 is 0. The van der Waals surface area contributed by atoms with E-state index in [-0.39, 0.29) is 0 Å². The highest BCUT2D eigenvalue weighted by Gasteiger charge is 2.38. The zero-order valence-corrected chi connectivity index (χ0v) is 13.1. The Kier molecular flexibility index (Phi) is 4.19. The summed E-state index contributed by atoms with van der Waals surface area (Å²) in [7, 11) is 2.34. The largest absolute Gasteiger partial charge is 0.313 e. The van der Waals surface area contributed by atoms with Crippen molar-refractivity contribution in [2.24, 2.45) is 17.8 Å². The van der Waals surface area contributed by atoms with Crippen LogP contribution in [-0.4, -0.2) is 36.6 Å². The number of piperidine rings is 1. The van der Waals surface area contributed by atoms with Crippen molar-refractivity contribution >= 4 is 0 Å². The second kappa shape index (κ2) is 5.73. The molecule has 2 saturated heterocycles. The van der Waals surface area contributed by atoms with E-state index in [9.17, 15) is 0 Å². The first kappa shape index (κ1) is 13.9. The van der Waals surface area contributed by atoms with Crippen molar-refractivity contribution in [3.8, 4) is 0 Å². The standard InChI is InChI=1S/C17H32N2/c1-12-5-4-6-13(2)17(12)18-11-14-9-15-7-8-16(10-14)19(15)3/h12-18H,4-11H2,1-3H3. The van der Waals surface area contributed by atoms with E-state index in [0.717, 1.165) is 35.9 Å². The van der Waals surface area contributed by atoms with Gasteiger partial charge in [-0.3, -0.25) is 0 Å². The van der Waals surface area contributed by atoms with Gasteiger partial charge in [0.25, 0.3) is 0 Å². The monoisotopic (exact) mass is 264 g/mol. The van der Waals surface area contributed by atoms with E-state index in [1.54, 1.807) is 0 Å². The minimum atomic E-state index is 0.783. The lowest BCUT2D eigenvalue weighted by molar-refractivity contribution is 0.122. The second-order valence-electron chi connectivity index (χ2n) is 7.71. The number of hydrogen-bond acceptors (Lipinski definition) is 2. The van der Waals surface area contributed by atoms with Crippen LogP contribution in [0.25, 0.3) is 0 Å². The van der Waals surface area contributed by atoms with E-state index < -0.39 is 0 Å². The van der Waals surface area contributed by atoms with Crippen LogP contribution in [0.5, 0.6) is 0 Å². The average Bonchev–Trinajstić information content (AvgIpc) is 2.62. The highest BCUT2D eigenvalue weighted by Crippen LogP contribution is 2.37. The van der Waals surface area contributed by atoms with E-state index in [2.05, 4.69) is 31.1 Å². The molecule has 4 unspecified atom stereocenters. The van der Waals surface area contributed by atoms with E-state index in [1.165, 1.54) is 51.5 Å². The van der Waals surface area contributed by atoms with Crippen LogP contribution in [0.2, 0.25) is 0 Å². The molecule has 0 spiro atoms. The van der Waals surface area contributed by atoms with Crippen LogP contribution >= 0.6 is 0 Å². The topological polar surface area (TPSA) is 15.3 Å². The molecule has 0 aromatic carbocycles. The molecule has 1 saturated carbocycles. The molecule has 2 nitrogen and oxygen atoms in total. The Balaban J connectivity index is 1.50. The molecule has 19 heavy (non-hydrogen) atoms. The number of rotatable bonds is 3. The molecule has 3 fully saturated rings. The molecule has 4 atom stereocenters. The van der Waals surface area contributed by atoms with Gasteiger partial charge in [-0.1, -0.05) is 20.3 Å². The fraction of sp³-hybridized carbons (Fsp3) is 1.00. The van der Waals surface area contributed by atoms with E-state index in [1.807, 2.05) is 0 Å². The molecule has 110 valence electrons. The minimum Gasteiger partial charge on any atom is -0.313 e. The van der Waals surface area contributed by atoms with Crippen molar-refractivity contribution in [1.29, 1.82) is 0 Å². The summed E-state index contributed by atoms with van der Waals surface area (Å²) in [5.74, 6) is 2.70. The highest BCUT2D eigenvalue weighted by atomic mass is 15.2. The Morgan fingerprint density at radius 2 is 1.53 bits per heavy atom. The zero-order valence-electron chi connectivity index (χ0n) is 13.1. The summed E-state index contributed by atoms with van der Waals surface area (Å²) in [4.78, 5) is 2.66. The number of hydrogen-bond donors (Lipinski definition) is 1. The van der Waals surface area contributed by atoms with Crippen molar-refractivity contribution in [3.05, 3.63) is 0 Å².